The number of aryl methyl sites for hydroxylation is 1. The van der Waals surface area contributed by atoms with Gasteiger partial charge in [-0.2, -0.15) is 0 Å². The van der Waals surface area contributed by atoms with Crippen molar-refractivity contribution in [2.45, 2.75) is 12.8 Å². The van der Waals surface area contributed by atoms with Crippen LogP contribution in [0.5, 0.6) is 0 Å². The number of pyridine rings is 1. The molecule has 0 spiro atoms. The lowest BCUT2D eigenvalue weighted by Gasteiger charge is -2.05. The van der Waals surface area contributed by atoms with Crippen molar-refractivity contribution in [3.63, 3.8) is 0 Å². The minimum Gasteiger partial charge on any atom is -0.478 e. The lowest BCUT2D eigenvalue weighted by Crippen LogP contribution is -1.99. The van der Waals surface area contributed by atoms with E-state index in [2.05, 4.69) is 4.98 Å². The van der Waals surface area contributed by atoms with Crippen LogP contribution in [0.25, 0.3) is 10.9 Å². The molecule has 4 nitrogen and oxygen atoms in total. The average molecular weight is 245 g/mol. The van der Waals surface area contributed by atoms with E-state index in [0.29, 0.717) is 23.1 Å². The van der Waals surface area contributed by atoms with Gasteiger partial charge >= 0.3 is 5.97 Å². The molecule has 1 aromatic carbocycles. The highest BCUT2D eigenvalue weighted by atomic mass is 16.5. The van der Waals surface area contributed by atoms with Crippen LogP contribution in [-0.4, -0.2) is 29.8 Å². The fourth-order valence-corrected chi connectivity index (χ4v) is 1.96. The maximum Gasteiger partial charge on any atom is 0.336 e. The van der Waals surface area contributed by atoms with Crippen LogP contribution in [0.2, 0.25) is 0 Å². The number of ether oxygens (including phenoxy) is 1. The molecule has 0 aliphatic rings. The van der Waals surface area contributed by atoms with Gasteiger partial charge in [-0.25, -0.2) is 4.79 Å². The number of nitrogens with zero attached hydrogens (tertiary/aromatic N) is 1. The molecule has 0 aliphatic heterocycles. The van der Waals surface area contributed by atoms with Crippen molar-refractivity contribution in [1.29, 1.82) is 0 Å². The van der Waals surface area contributed by atoms with E-state index in [4.69, 9.17) is 9.84 Å². The predicted octanol–water partition coefficient (Wildman–Crippen LogP) is 2.51. The molecule has 1 aromatic heterocycles. The number of carbonyl (C=O) groups is 1. The second-order valence-corrected chi connectivity index (χ2v) is 4.11. The maximum atomic E-state index is 11.1. The summed E-state index contributed by atoms with van der Waals surface area (Å²) in [7, 11) is 1.67. The van der Waals surface area contributed by atoms with E-state index in [1.54, 1.807) is 7.11 Å². The predicted molar refractivity (Wildman–Crippen MR) is 68.9 cm³/mol. The number of benzene rings is 1. The average Bonchev–Trinajstić information content (AvgIpc) is 2.38. The number of aromatic carboxylic acids is 1. The first-order chi connectivity index (χ1) is 8.72. The number of aromatic nitrogens is 1. The van der Waals surface area contributed by atoms with Gasteiger partial charge in [0, 0.05) is 25.3 Å². The van der Waals surface area contributed by atoms with E-state index in [0.717, 1.165) is 18.4 Å². The largest absolute Gasteiger partial charge is 0.478 e. The summed E-state index contributed by atoms with van der Waals surface area (Å²) in [5.41, 5.74) is 2.12. The van der Waals surface area contributed by atoms with Crippen LogP contribution in [0.3, 0.4) is 0 Å². The Morgan fingerprint density at radius 2 is 2.22 bits per heavy atom. The Bertz CT molecular complexity index is 566. The van der Waals surface area contributed by atoms with E-state index >= 15 is 0 Å². The minimum absolute atomic E-state index is 0.300. The van der Waals surface area contributed by atoms with Gasteiger partial charge in [-0.3, -0.25) is 4.98 Å². The fourth-order valence-electron chi connectivity index (χ4n) is 1.96. The molecule has 94 valence electrons. The number of hydrogen-bond donors (Lipinski definition) is 1. The molecule has 4 heteroatoms. The molecule has 1 heterocycles. The third kappa shape index (κ3) is 2.65. The van der Waals surface area contributed by atoms with Crippen molar-refractivity contribution < 1.29 is 14.6 Å². The van der Waals surface area contributed by atoms with Crippen molar-refractivity contribution in [3.05, 3.63) is 41.6 Å². The molecule has 1 N–H and O–H groups in total. The summed E-state index contributed by atoms with van der Waals surface area (Å²) >= 11 is 0. The highest BCUT2D eigenvalue weighted by Gasteiger charge is 2.09. The molecule has 0 fully saturated rings. The highest BCUT2D eigenvalue weighted by molar-refractivity contribution is 6.02. The van der Waals surface area contributed by atoms with Gasteiger partial charge in [-0.1, -0.05) is 6.07 Å². The molecule has 0 unspecified atom stereocenters. The molecule has 0 atom stereocenters. The zero-order chi connectivity index (χ0) is 13.0. The number of fused-ring (bicyclic) bond motifs is 1. The van der Waals surface area contributed by atoms with Crippen LogP contribution in [0.15, 0.2) is 30.5 Å². The lowest BCUT2D eigenvalue weighted by atomic mass is 10.0. The topological polar surface area (TPSA) is 59.4 Å². The van der Waals surface area contributed by atoms with Crippen LogP contribution < -0.4 is 0 Å². The van der Waals surface area contributed by atoms with Crippen molar-refractivity contribution >= 4 is 16.9 Å². The second-order valence-electron chi connectivity index (χ2n) is 4.11. The molecule has 0 saturated carbocycles. The summed E-state index contributed by atoms with van der Waals surface area (Å²) in [6, 6.07) is 7.28. The summed E-state index contributed by atoms with van der Waals surface area (Å²) in [4.78, 5) is 15.3. The Labute approximate surface area is 105 Å². The summed E-state index contributed by atoms with van der Waals surface area (Å²) in [5.74, 6) is -0.920. The second kappa shape index (κ2) is 5.60. The van der Waals surface area contributed by atoms with Crippen LogP contribution in [0.1, 0.15) is 22.3 Å². The molecule has 0 bridgehead atoms. The van der Waals surface area contributed by atoms with Gasteiger partial charge in [0.25, 0.3) is 0 Å². The SMILES string of the molecule is COCCCc1ccc2nccc(C(=O)O)c2c1. The molecule has 2 rings (SSSR count). The van der Waals surface area contributed by atoms with Gasteiger partial charge in [0.2, 0.25) is 0 Å². The lowest BCUT2D eigenvalue weighted by molar-refractivity contribution is 0.0699. The third-order valence-corrected chi connectivity index (χ3v) is 2.85. The van der Waals surface area contributed by atoms with Crippen LogP contribution in [0.4, 0.5) is 0 Å². The van der Waals surface area contributed by atoms with E-state index in [1.165, 1.54) is 12.3 Å². The Morgan fingerprint density at radius 3 is 2.94 bits per heavy atom. The molecule has 0 amide bonds. The van der Waals surface area contributed by atoms with Gasteiger partial charge in [-0.15, -0.1) is 0 Å². The van der Waals surface area contributed by atoms with Crippen LogP contribution in [-0.2, 0) is 11.2 Å². The number of methoxy groups -OCH3 is 1. The molecular formula is C14H15NO3. The van der Waals surface area contributed by atoms with Crippen LogP contribution in [0, 0.1) is 0 Å². The van der Waals surface area contributed by atoms with E-state index in [-0.39, 0.29) is 0 Å². The van der Waals surface area contributed by atoms with E-state index < -0.39 is 5.97 Å². The maximum absolute atomic E-state index is 11.1. The molecule has 0 saturated heterocycles. The zero-order valence-corrected chi connectivity index (χ0v) is 10.2. The number of carboxylic acid groups (broad SMARTS) is 1. The highest BCUT2D eigenvalue weighted by Crippen LogP contribution is 2.19. The van der Waals surface area contributed by atoms with Crippen molar-refractivity contribution in [3.8, 4) is 0 Å². The number of hydrogen-bond acceptors (Lipinski definition) is 3. The first-order valence-corrected chi connectivity index (χ1v) is 5.82. The molecule has 0 aliphatic carbocycles. The zero-order valence-electron chi connectivity index (χ0n) is 10.2. The fraction of sp³-hybridized carbons (Fsp3) is 0.286. The minimum atomic E-state index is -0.920. The van der Waals surface area contributed by atoms with Gasteiger partial charge in [0.15, 0.2) is 0 Å². The Kier molecular flexibility index (Phi) is 3.89. The van der Waals surface area contributed by atoms with Gasteiger partial charge in [-0.05, 0) is 36.6 Å². The standard InChI is InChI=1S/C14H15NO3/c1-18-8-2-3-10-4-5-13-12(9-10)11(14(16)17)6-7-15-13/h4-7,9H,2-3,8H2,1H3,(H,16,17). The van der Waals surface area contributed by atoms with Crippen molar-refractivity contribution in [1.82, 2.24) is 4.98 Å². The Balaban J connectivity index is 2.36. The summed E-state index contributed by atoms with van der Waals surface area (Å²) < 4.78 is 5.01. The summed E-state index contributed by atoms with van der Waals surface area (Å²) in [6.07, 6.45) is 3.32. The molecule has 18 heavy (non-hydrogen) atoms. The summed E-state index contributed by atoms with van der Waals surface area (Å²) in [6.45, 7) is 0.705. The number of carboxylic acids is 1. The monoisotopic (exact) mass is 245 g/mol. The van der Waals surface area contributed by atoms with Crippen molar-refractivity contribution in [2.75, 3.05) is 13.7 Å². The van der Waals surface area contributed by atoms with E-state index in [9.17, 15) is 4.79 Å². The Morgan fingerprint density at radius 1 is 1.39 bits per heavy atom. The quantitative estimate of drug-likeness (QED) is 0.822. The first kappa shape index (κ1) is 12.5. The van der Waals surface area contributed by atoms with Gasteiger partial charge in [0.05, 0.1) is 11.1 Å². The Hall–Kier alpha value is -1.94. The number of rotatable bonds is 5. The molecule has 2 aromatic rings. The normalized spacial score (nSPS) is 10.7. The third-order valence-electron chi connectivity index (χ3n) is 2.85. The van der Waals surface area contributed by atoms with Gasteiger partial charge in [0.1, 0.15) is 0 Å². The first-order valence-electron chi connectivity index (χ1n) is 5.82. The van der Waals surface area contributed by atoms with Crippen molar-refractivity contribution in [2.24, 2.45) is 0 Å². The smallest absolute Gasteiger partial charge is 0.336 e. The van der Waals surface area contributed by atoms with Gasteiger partial charge < -0.3 is 9.84 Å². The summed E-state index contributed by atoms with van der Waals surface area (Å²) in [5, 5.41) is 9.83. The molecule has 0 radical (unpaired) electrons. The van der Waals surface area contributed by atoms with Crippen LogP contribution >= 0.6 is 0 Å². The molecular weight excluding hydrogens is 230 g/mol. The van der Waals surface area contributed by atoms with E-state index in [1.807, 2.05) is 18.2 Å².